The van der Waals surface area contributed by atoms with Gasteiger partial charge in [0.1, 0.15) is 0 Å². The maximum atomic E-state index is 9.39. The summed E-state index contributed by atoms with van der Waals surface area (Å²) in [5.41, 5.74) is 0. The quantitative estimate of drug-likeness (QED) is 0.627. The van der Waals surface area contributed by atoms with E-state index >= 15 is 0 Å². The summed E-state index contributed by atoms with van der Waals surface area (Å²) >= 11 is 0. The maximum Gasteiger partial charge on any atom is 0.0599 e. The number of rotatable bonds is 1. The summed E-state index contributed by atoms with van der Waals surface area (Å²) in [6, 6.07) is 0. The molecule has 1 aliphatic heterocycles. The molecule has 0 aromatic carbocycles. The SMILES string of the molecule is CC1OCCCCC1[C@H](C)O. The molecule has 2 unspecified atom stereocenters. The maximum absolute atomic E-state index is 9.39. The van der Waals surface area contributed by atoms with E-state index in [0.717, 1.165) is 19.4 Å². The summed E-state index contributed by atoms with van der Waals surface area (Å²) in [6.45, 7) is 4.78. The zero-order valence-corrected chi connectivity index (χ0v) is 7.42. The molecular weight excluding hydrogens is 140 g/mol. The summed E-state index contributed by atoms with van der Waals surface area (Å²) in [6.07, 6.45) is 3.47. The molecule has 1 aliphatic rings. The Labute approximate surface area is 68.6 Å². The lowest BCUT2D eigenvalue weighted by Crippen LogP contribution is -2.28. The average molecular weight is 158 g/mol. The summed E-state index contributed by atoms with van der Waals surface area (Å²) in [5.74, 6) is 0.345. The summed E-state index contributed by atoms with van der Waals surface area (Å²) in [5, 5.41) is 9.39. The van der Waals surface area contributed by atoms with Crippen LogP contribution in [-0.2, 0) is 4.74 Å². The van der Waals surface area contributed by atoms with Gasteiger partial charge in [0.25, 0.3) is 0 Å². The highest BCUT2D eigenvalue weighted by Crippen LogP contribution is 2.22. The van der Waals surface area contributed by atoms with Crippen LogP contribution in [0.2, 0.25) is 0 Å². The second kappa shape index (κ2) is 4.07. The molecule has 0 saturated carbocycles. The molecule has 2 heteroatoms. The van der Waals surface area contributed by atoms with Gasteiger partial charge in [-0.25, -0.2) is 0 Å². The summed E-state index contributed by atoms with van der Waals surface area (Å²) < 4.78 is 5.52. The van der Waals surface area contributed by atoms with E-state index in [4.69, 9.17) is 4.74 Å². The fourth-order valence-electron chi connectivity index (χ4n) is 1.74. The Morgan fingerprint density at radius 3 is 2.82 bits per heavy atom. The lowest BCUT2D eigenvalue weighted by molar-refractivity contribution is -0.00947. The van der Waals surface area contributed by atoms with Gasteiger partial charge >= 0.3 is 0 Å². The van der Waals surface area contributed by atoms with Gasteiger partial charge in [-0.1, -0.05) is 6.42 Å². The normalized spacial score (nSPS) is 36.3. The molecule has 2 nitrogen and oxygen atoms in total. The van der Waals surface area contributed by atoms with Crippen LogP contribution < -0.4 is 0 Å². The molecule has 0 bridgehead atoms. The number of hydrogen-bond acceptors (Lipinski definition) is 2. The molecule has 11 heavy (non-hydrogen) atoms. The molecular formula is C9H18O2. The van der Waals surface area contributed by atoms with Crippen molar-refractivity contribution in [2.24, 2.45) is 5.92 Å². The van der Waals surface area contributed by atoms with Crippen molar-refractivity contribution in [1.29, 1.82) is 0 Å². The third kappa shape index (κ3) is 2.46. The molecule has 0 aromatic heterocycles. The summed E-state index contributed by atoms with van der Waals surface area (Å²) in [4.78, 5) is 0. The van der Waals surface area contributed by atoms with Crippen LogP contribution in [0.25, 0.3) is 0 Å². The Balaban J connectivity index is 2.45. The lowest BCUT2D eigenvalue weighted by Gasteiger charge is -2.23. The number of aliphatic hydroxyl groups is 1. The van der Waals surface area contributed by atoms with Gasteiger partial charge in [0, 0.05) is 12.5 Å². The highest BCUT2D eigenvalue weighted by Gasteiger charge is 2.24. The predicted octanol–water partition coefficient (Wildman–Crippen LogP) is 1.57. The fraction of sp³-hybridized carbons (Fsp3) is 1.00. The minimum Gasteiger partial charge on any atom is -0.393 e. The standard InChI is InChI=1S/C9H18O2/c1-7(10)9-5-3-4-6-11-8(9)2/h7-10H,3-6H2,1-2H3/t7-,8?,9?/m0/s1. The molecule has 1 rings (SSSR count). The third-order valence-electron chi connectivity index (χ3n) is 2.54. The van der Waals surface area contributed by atoms with E-state index in [1.54, 1.807) is 0 Å². The Morgan fingerprint density at radius 1 is 1.45 bits per heavy atom. The van der Waals surface area contributed by atoms with E-state index in [-0.39, 0.29) is 12.2 Å². The van der Waals surface area contributed by atoms with Crippen LogP contribution in [0, 0.1) is 5.92 Å². The van der Waals surface area contributed by atoms with Crippen molar-refractivity contribution >= 4 is 0 Å². The van der Waals surface area contributed by atoms with Crippen LogP contribution >= 0.6 is 0 Å². The van der Waals surface area contributed by atoms with Crippen LogP contribution in [0.3, 0.4) is 0 Å². The first kappa shape index (κ1) is 9.01. The Morgan fingerprint density at radius 2 is 2.18 bits per heavy atom. The van der Waals surface area contributed by atoms with Crippen LogP contribution in [0.4, 0.5) is 0 Å². The first-order valence-electron chi connectivity index (χ1n) is 4.51. The van der Waals surface area contributed by atoms with Crippen molar-refractivity contribution in [3.8, 4) is 0 Å². The molecule has 3 atom stereocenters. The van der Waals surface area contributed by atoms with Gasteiger partial charge < -0.3 is 9.84 Å². The Kier molecular flexibility index (Phi) is 3.34. The highest BCUT2D eigenvalue weighted by atomic mass is 16.5. The van der Waals surface area contributed by atoms with Gasteiger partial charge in [0.05, 0.1) is 12.2 Å². The summed E-state index contributed by atoms with van der Waals surface area (Å²) in [7, 11) is 0. The zero-order chi connectivity index (χ0) is 8.27. The Hall–Kier alpha value is -0.0800. The molecule has 1 heterocycles. The molecule has 0 spiro atoms. The molecule has 0 aromatic rings. The first-order valence-corrected chi connectivity index (χ1v) is 4.51. The fourth-order valence-corrected chi connectivity index (χ4v) is 1.74. The van der Waals surface area contributed by atoms with E-state index in [0.29, 0.717) is 5.92 Å². The van der Waals surface area contributed by atoms with Gasteiger partial charge in [0.15, 0.2) is 0 Å². The van der Waals surface area contributed by atoms with E-state index in [9.17, 15) is 5.11 Å². The van der Waals surface area contributed by atoms with Gasteiger partial charge in [-0.15, -0.1) is 0 Å². The third-order valence-corrected chi connectivity index (χ3v) is 2.54. The highest BCUT2D eigenvalue weighted by molar-refractivity contribution is 4.73. The molecule has 1 fully saturated rings. The van der Waals surface area contributed by atoms with Crippen molar-refractivity contribution in [3.63, 3.8) is 0 Å². The van der Waals surface area contributed by atoms with Crippen molar-refractivity contribution in [3.05, 3.63) is 0 Å². The number of ether oxygens (including phenoxy) is 1. The van der Waals surface area contributed by atoms with Crippen LogP contribution in [-0.4, -0.2) is 23.9 Å². The largest absolute Gasteiger partial charge is 0.393 e. The molecule has 0 amide bonds. The van der Waals surface area contributed by atoms with E-state index in [1.807, 2.05) is 6.92 Å². The van der Waals surface area contributed by atoms with Crippen molar-refractivity contribution < 1.29 is 9.84 Å². The smallest absolute Gasteiger partial charge is 0.0599 e. The molecule has 1 saturated heterocycles. The predicted molar refractivity (Wildman–Crippen MR) is 44.4 cm³/mol. The van der Waals surface area contributed by atoms with Crippen LogP contribution in [0.1, 0.15) is 33.1 Å². The lowest BCUT2D eigenvalue weighted by atomic mass is 9.93. The minimum absolute atomic E-state index is 0.219. The Bertz CT molecular complexity index is 112. The van der Waals surface area contributed by atoms with Crippen LogP contribution in [0.5, 0.6) is 0 Å². The van der Waals surface area contributed by atoms with Crippen LogP contribution in [0.15, 0.2) is 0 Å². The molecule has 66 valence electrons. The van der Waals surface area contributed by atoms with Crippen molar-refractivity contribution in [2.45, 2.75) is 45.3 Å². The van der Waals surface area contributed by atoms with E-state index in [1.165, 1.54) is 6.42 Å². The van der Waals surface area contributed by atoms with E-state index in [2.05, 4.69) is 6.92 Å². The monoisotopic (exact) mass is 158 g/mol. The zero-order valence-electron chi connectivity index (χ0n) is 7.42. The number of hydrogen-bond donors (Lipinski definition) is 1. The first-order chi connectivity index (χ1) is 5.22. The average Bonchev–Trinajstić information content (AvgIpc) is 2.13. The van der Waals surface area contributed by atoms with Gasteiger partial charge in [-0.05, 0) is 26.7 Å². The topological polar surface area (TPSA) is 29.5 Å². The number of aliphatic hydroxyl groups excluding tert-OH is 1. The van der Waals surface area contributed by atoms with E-state index < -0.39 is 0 Å². The second-order valence-electron chi connectivity index (χ2n) is 3.48. The molecule has 0 radical (unpaired) electrons. The van der Waals surface area contributed by atoms with Crippen molar-refractivity contribution in [1.82, 2.24) is 0 Å². The second-order valence-corrected chi connectivity index (χ2v) is 3.48. The van der Waals surface area contributed by atoms with Crippen molar-refractivity contribution in [2.75, 3.05) is 6.61 Å². The molecule has 0 aliphatic carbocycles. The van der Waals surface area contributed by atoms with Gasteiger partial charge in [0.2, 0.25) is 0 Å². The van der Waals surface area contributed by atoms with Gasteiger partial charge in [-0.2, -0.15) is 0 Å². The van der Waals surface area contributed by atoms with Gasteiger partial charge in [-0.3, -0.25) is 0 Å². The minimum atomic E-state index is -0.219. The molecule has 1 N–H and O–H groups in total.